The Hall–Kier alpha value is -3.09. The Bertz CT molecular complexity index is 926. The first kappa shape index (κ1) is 22.6. The summed E-state index contributed by atoms with van der Waals surface area (Å²) in [5.74, 6) is 1.69. The third-order valence-electron chi connectivity index (χ3n) is 5.24. The Kier molecular flexibility index (Phi) is 8.70. The number of aliphatic hydroxyl groups excluding tert-OH is 1. The van der Waals surface area contributed by atoms with Gasteiger partial charge in [0, 0.05) is 32.6 Å². The van der Waals surface area contributed by atoms with Crippen molar-refractivity contribution in [3.05, 3.63) is 95.4 Å². The van der Waals surface area contributed by atoms with Crippen molar-refractivity contribution in [2.24, 2.45) is 4.99 Å². The summed E-state index contributed by atoms with van der Waals surface area (Å²) in [7, 11) is 3.85. The minimum Gasteiger partial charge on any atom is -0.468 e. The second kappa shape index (κ2) is 11.9. The maximum atomic E-state index is 9.77. The monoisotopic (exact) mass is 420 g/mol. The van der Waals surface area contributed by atoms with Crippen LogP contribution in [0, 0.1) is 0 Å². The van der Waals surface area contributed by atoms with Gasteiger partial charge in [0.2, 0.25) is 0 Å². The van der Waals surface area contributed by atoms with Crippen LogP contribution in [0.3, 0.4) is 0 Å². The van der Waals surface area contributed by atoms with Crippen LogP contribution in [-0.2, 0) is 19.6 Å². The van der Waals surface area contributed by atoms with E-state index in [1.165, 1.54) is 11.1 Å². The van der Waals surface area contributed by atoms with E-state index in [-0.39, 0.29) is 12.5 Å². The highest BCUT2D eigenvalue weighted by Crippen LogP contribution is 2.15. The predicted molar refractivity (Wildman–Crippen MR) is 125 cm³/mol. The Morgan fingerprint density at radius 3 is 2.39 bits per heavy atom. The quantitative estimate of drug-likeness (QED) is 0.347. The number of aliphatic hydroxyl groups is 1. The average molecular weight is 421 g/mol. The van der Waals surface area contributed by atoms with Gasteiger partial charge in [-0.15, -0.1) is 0 Å². The highest BCUT2D eigenvalue weighted by atomic mass is 16.3. The average Bonchev–Trinajstić information content (AvgIpc) is 3.30. The molecule has 31 heavy (non-hydrogen) atoms. The molecular formula is C25H32N4O2. The molecule has 1 unspecified atom stereocenters. The zero-order valence-corrected chi connectivity index (χ0v) is 18.3. The van der Waals surface area contributed by atoms with Gasteiger partial charge in [0.1, 0.15) is 5.76 Å². The summed E-state index contributed by atoms with van der Waals surface area (Å²) in [4.78, 5) is 6.57. The lowest BCUT2D eigenvalue weighted by Crippen LogP contribution is -2.39. The van der Waals surface area contributed by atoms with Crippen LogP contribution in [0.1, 0.15) is 28.4 Å². The smallest absolute Gasteiger partial charge is 0.191 e. The minimum atomic E-state index is 0.0160. The zero-order chi connectivity index (χ0) is 21.9. The minimum absolute atomic E-state index is 0.0160. The van der Waals surface area contributed by atoms with Gasteiger partial charge in [-0.1, -0.05) is 54.6 Å². The van der Waals surface area contributed by atoms with Crippen molar-refractivity contribution in [3.63, 3.8) is 0 Å². The van der Waals surface area contributed by atoms with Crippen LogP contribution < -0.4 is 10.6 Å². The Balaban J connectivity index is 1.54. The van der Waals surface area contributed by atoms with E-state index in [9.17, 15) is 5.11 Å². The summed E-state index contributed by atoms with van der Waals surface area (Å²) in [6.07, 6.45) is 1.71. The molecule has 3 aromatic rings. The van der Waals surface area contributed by atoms with Gasteiger partial charge in [-0.05, 0) is 35.9 Å². The second-order valence-electron chi connectivity index (χ2n) is 7.62. The van der Waals surface area contributed by atoms with Crippen LogP contribution >= 0.6 is 0 Å². The van der Waals surface area contributed by atoms with Gasteiger partial charge in [-0.2, -0.15) is 0 Å². The summed E-state index contributed by atoms with van der Waals surface area (Å²) < 4.78 is 5.46. The molecule has 0 bridgehead atoms. The molecule has 2 aromatic carbocycles. The van der Waals surface area contributed by atoms with Crippen molar-refractivity contribution < 1.29 is 9.52 Å². The van der Waals surface area contributed by atoms with Crippen molar-refractivity contribution in [3.8, 4) is 0 Å². The van der Waals surface area contributed by atoms with E-state index in [4.69, 9.17) is 4.42 Å². The molecule has 0 saturated carbocycles. The largest absolute Gasteiger partial charge is 0.468 e. The van der Waals surface area contributed by atoms with Crippen LogP contribution in [0.25, 0.3) is 0 Å². The molecule has 3 rings (SSSR count). The molecule has 0 saturated heterocycles. The van der Waals surface area contributed by atoms with Gasteiger partial charge in [0.05, 0.1) is 19.4 Å². The summed E-state index contributed by atoms with van der Waals surface area (Å²) >= 11 is 0. The predicted octanol–water partition coefficient (Wildman–Crippen LogP) is 3.35. The number of hydrogen-bond acceptors (Lipinski definition) is 4. The van der Waals surface area contributed by atoms with Crippen LogP contribution in [0.4, 0.5) is 0 Å². The number of rotatable bonds is 10. The number of nitrogens with zero attached hydrogens (tertiary/aromatic N) is 2. The van der Waals surface area contributed by atoms with E-state index in [1.807, 2.05) is 42.5 Å². The first-order chi connectivity index (χ1) is 15.2. The SMILES string of the molecule is CN=C(NCc1ccccc1CN(C)Cc1ccco1)NCC(CO)c1ccccc1. The van der Waals surface area contributed by atoms with E-state index in [0.717, 1.165) is 24.4 Å². The fourth-order valence-electron chi connectivity index (χ4n) is 3.53. The van der Waals surface area contributed by atoms with Crippen molar-refractivity contribution in [2.45, 2.75) is 25.6 Å². The van der Waals surface area contributed by atoms with Crippen molar-refractivity contribution in [1.82, 2.24) is 15.5 Å². The molecule has 0 aliphatic rings. The number of hydrogen-bond donors (Lipinski definition) is 3. The summed E-state index contributed by atoms with van der Waals surface area (Å²) in [6.45, 7) is 2.94. The summed E-state index contributed by atoms with van der Waals surface area (Å²) in [5.41, 5.74) is 3.59. The number of aliphatic imine (C=N–C) groups is 1. The van der Waals surface area contributed by atoms with E-state index in [0.29, 0.717) is 19.0 Å². The lowest BCUT2D eigenvalue weighted by atomic mass is 10.0. The molecule has 0 aliphatic heterocycles. The van der Waals surface area contributed by atoms with Crippen LogP contribution in [-0.4, -0.2) is 43.2 Å². The topological polar surface area (TPSA) is 73.0 Å². The molecular weight excluding hydrogens is 388 g/mol. The molecule has 1 heterocycles. The zero-order valence-electron chi connectivity index (χ0n) is 18.3. The molecule has 6 heteroatoms. The summed E-state index contributed by atoms with van der Waals surface area (Å²) in [6, 6.07) is 22.4. The lowest BCUT2D eigenvalue weighted by molar-refractivity contribution is 0.265. The van der Waals surface area contributed by atoms with Gasteiger partial charge in [0.15, 0.2) is 5.96 Å². The van der Waals surface area contributed by atoms with E-state index in [2.05, 4.69) is 51.8 Å². The van der Waals surface area contributed by atoms with Crippen molar-refractivity contribution >= 4 is 5.96 Å². The molecule has 0 amide bonds. The van der Waals surface area contributed by atoms with Crippen LogP contribution in [0.15, 0.2) is 82.4 Å². The molecule has 0 spiro atoms. The molecule has 1 aromatic heterocycles. The second-order valence-corrected chi connectivity index (χ2v) is 7.62. The highest BCUT2D eigenvalue weighted by Gasteiger charge is 2.12. The third kappa shape index (κ3) is 6.98. The summed E-state index contributed by atoms with van der Waals surface area (Å²) in [5, 5.41) is 16.5. The van der Waals surface area contributed by atoms with E-state index < -0.39 is 0 Å². The number of furan rings is 1. The first-order valence-electron chi connectivity index (χ1n) is 10.6. The van der Waals surface area contributed by atoms with Crippen LogP contribution in [0.5, 0.6) is 0 Å². The van der Waals surface area contributed by atoms with E-state index >= 15 is 0 Å². The Labute approximate surface area is 184 Å². The fourth-order valence-corrected chi connectivity index (χ4v) is 3.53. The number of benzene rings is 2. The number of nitrogens with one attached hydrogen (secondary N) is 2. The molecule has 1 atom stereocenters. The van der Waals surface area contributed by atoms with Crippen molar-refractivity contribution in [1.29, 1.82) is 0 Å². The highest BCUT2D eigenvalue weighted by molar-refractivity contribution is 5.79. The molecule has 6 nitrogen and oxygen atoms in total. The molecule has 0 aliphatic carbocycles. The van der Waals surface area contributed by atoms with Gasteiger partial charge in [-0.3, -0.25) is 9.89 Å². The maximum absolute atomic E-state index is 9.77. The van der Waals surface area contributed by atoms with Gasteiger partial charge < -0.3 is 20.2 Å². The normalized spacial score (nSPS) is 12.7. The number of guanidine groups is 1. The van der Waals surface area contributed by atoms with Crippen LogP contribution in [0.2, 0.25) is 0 Å². The van der Waals surface area contributed by atoms with Gasteiger partial charge in [0.25, 0.3) is 0 Å². The Morgan fingerprint density at radius 1 is 0.968 bits per heavy atom. The van der Waals surface area contributed by atoms with Gasteiger partial charge in [-0.25, -0.2) is 0 Å². The lowest BCUT2D eigenvalue weighted by Gasteiger charge is -2.20. The molecule has 0 fully saturated rings. The standard InChI is InChI=1S/C25H32N4O2/c1-26-25(28-16-23(19-30)20-9-4-3-5-10-20)27-15-21-11-6-7-12-22(21)17-29(2)18-24-13-8-14-31-24/h3-14,23,30H,15-19H2,1-2H3,(H2,26,27,28). The maximum Gasteiger partial charge on any atom is 0.191 e. The van der Waals surface area contributed by atoms with E-state index in [1.54, 1.807) is 13.3 Å². The first-order valence-corrected chi connectivity index (χ1v) is 10.6. The molecule has 3 N–H and O–H groups in total. The fraction of sp³-hybridized carbons (Fsp3) is 0.320. The molecule has 164 valence electrons. The third-order valence-corrected chi connectivity index (χ3v) is 5.24. The van der Waals surface area contributed by atoms with Gasteiger partial charge >= 0.3 is 0 Å². The van der Waals surface area contributed by atoms with Crippen molar-refractivity contribution in [2.75, 3.05) is 27.2 Å². The molecule has 0 radical (unpaired) electrons. The Morgan fingerprint density at radius 2 is 1.71 bits per heavy atom.